The van der Waals surface area contributed by atoms with Crippen LogP contribution in [-0.2, 0) is 6.54 Å². The zero-order valence-corrected chi connectivity index (χ0v) is 14.3. The summed E-state index contributed by atoms with van der Waals surface area (Å²) in [5, 5.41) is 26.7. The quantitative estimate of drug-likeness (QED) is 0.662. The van der Waals surface area contributed by atoms with Gasteiger partial charge in [-0.2, -0.15) is 20.1 Å². The van der Waals surface area contributed by atoms with Crippen LogP contribution in [-0.4, -0.2) is 40.6 Å². The zero-order valence-electron chi connectivity index (χ0n) is 14.3. The lowest BCUT2D eigenvalue weighted by Crippen LogP contribution is -2.10. The van der Waals surface area contributed by atoms with Gasteiger partial charge in [-0.1, -0.05) is 26.0 Å². The fourth-order valence-corrected chi connectivity index (χ4v) is 2.76. The largest absolute Gasteiger partial charge is 0.285 e. The number of hydrogen-bond acceptors (Lipinski definition) is 5. The minimum Gasteiger partial charge on any atom is -0.285 e. The van der Waals surface area contributed by atoms with Gasteiger partial charge >= 0.3 is 0 Å². The van der Waals surface area contributed by atoms with Crippen molar-refractivity contribution in [2.75, 3.05) is 0 Å². The first-order chi connectivity index (χ1) is 11.6. The number of nitrogens with one attached hydrogen (secondary N) is 2. The van der Waals surface area contributed by atoms with E-state index in [1.165, 1.54) is 0 Å². The van der Waals surface area contributed by atoms with E-state index in [2.05, 4.69) is 56.6 Å². The summed E-state index contributed by atoms with van der Waals surface area (Å²) in [4.78, 5) is 1.77. The van der Waals surface area contributed by atoms with E-state index in [9.17, 15) is 0 Å². The first-order valence-corrected chi connectivity index (χ1v) is 8.39. The molecule has 0 saturated carbocycles. The van der Waals surface area contributed by atoms with Crippen LogP contribution in [0.25, 0.3) is 0 Å². The second-order valence-electron chi connectivity index (χ2n) is 6.52. The van der Waals surface area contributed by atoms with Crippen LogP contribution in [0.1, 0.15) is 68.4 Å². The molecule has 0 saturated heterocycles. The van der Waals surface area contributed by atoms with Gasteiger partial charge in [-0.25, -0.2) is 0 Å². The molecular formula is C16H24N8. The predicted octanol–water partition coefficient (Wildman–Crippen LogP) is 2.61. The van der Waals surface area contributed by atoms with Crippen LogP contribution < -0.4 is 0 Å². The maximum atomic E-state index is 4.64. The number of aromatic amines is 2. The SMILES string of the molecule is CC(Cn1ncc(C(C)CCC(C)c2cnn[nH]2)n1)c1cc[nH]n1. The minimum absolute atomic E-state index is 0.278. The molecule has 0 bridgehead atoms. The van der Waals surface area contributed by atoms with Gasteiger partial charge in [0.25, 0.3) is 0 Å². The van der Waals surface area contributed by atoms with E-state index in [4.69, 9.17) is 0 Å². The third-order valence-electron chi connectivity index (χ3n) is 4.52. The first-order valence-electron chi connectivity index (χ1n) is 8.39. The Balaban J connectivity index is 1.52. The molecule has 128 valence electrons. The molecule has 0 radical (unpaired) electrons. The van der Waals surface area contributed by atoms with Gasteiger partial charge < -0.3 is 0 Å². The predicted molar refractivity (Wildman–Crippen MR) is 89.5 cm³/mol. The second kappa shape index (κ2) is 7.37. The van der Waals surface area contributed by atoms with Crippen LogP contribution >= 0.6 is 0 Å². The van der Waals surface area contributed by atoms with Crippen molar-refractivity contribution in [1.82, 2.24) is 40.6 Å². The van der Waals surface area contributed by atoms with Gasteiger partial charge in [-0.15, -0.1) is 5.10 Å². The zero-order chi connectivity index (χ0) is 16.9. The molecule has 3 unspecified atom stereocenters. The van der Waals surface area contributed by atoms with Gasteiger partial charge in [0.15, 0.2) is 0 Å². The molecule has 0 aromatic carbocycles. The van der Waals surface area contributed by atoms with Crippen molar-refractivity contribution in [1.29, 1.82) is 0 Å². The van der Waals surface area contributed by atoms with Gasteiger partial charge in [0, 0.05) is 18.0 Å². The third-order valence-corrected chi connectivity index (χ3v) is 4.52. The molecule has 0 amide bonds. The summed E-state index contributed by atoms with van der Waals surface area (Å²) in [7, 11) is 0. The molecule has 0 spiro atoms. The number of aromatic nitrogens is 8. The van der Waals surface area contributed by atoms with E-state index in [1.807, 2.05) is 18.5 Å². The molecule has 8 nitrogen and oxygen atoms in total. The van der Waals surface area contributed by atoms with Gasteiger partial charge in [-0.05, 0) is 24.8 Å². The Kier molecular flexibility index (Phi) is 5.02. The van der Waals surface area contributed by atoms with Gasteiger partial charge in [-0.3, -0.25) is 10.2 Å². The maximum absolute atomic E-state index is 4.64. The fraction of sp³-hybridized carbons (Fsp3) is 0.562. The Bertz CT molecular complexity index is 715. The number of rotatable bonds is 8. The Morgan fingerprint density at radius 1 is 1.04 bits per heavy atom. The van der Waals surface area contributed by atoms with E-state index in [0.717, 1.165) is 36.5 Å². The van der Waals surface area contributed by atoms with Crippen LogP contribution in [0, 0.1) is 0 Å². The number of hydrogen-bond donors (Lipinski definition) is 2. The van der Waals surface area contributed by atoms with Crippen molar-refractivity contribution in [3.8, 4) is 0 Å². The summed E-state index contributed by atoms with van der Waals surface area (Å²) < 4.78 is 0. The molecule has 3 aromatic rings. The minimum atomic E-state index is 0.278. The molecule has 3 rings (SSSR count). The van der Waals surface area contributed by atoms with Gasteiger partial charge in [0.1, 0.15) is 0 Å². The Morgan fingerprint density at radius 2 is 1.88 bits per heavy atom. The van der Waals surface area contributed by atoms with E-state index < -0.39 is 0 Å². The maximum Gasteiger partial charge on any atom is 0.0855 e. The summed E-state index contributed by atoms with van der Waals surface area (Å²) >= 11 is 0. The van der Waals surface area contributed by atoms with Crippen molar-refractivity contribution in [3.05, 3.63) is 41.7 Å². The highest BCUT2D eigenvalue weighted by atomic mass is 15.5. The van der Waals surface area contributed by atoms with Crippen LogP contribution in [0.3, 0.4) is 0 Å². The van der Waals surface area contributed by atoms with Crippen LogP contribution in [0.5, 0.6) is 0 Å². The highest BCUT2D eigenvalue weighted by Gasteiger charge is 2.15. The first kappa shape index (κ1) is 16.4. The summed E-state index contributed by atoms with van der Waals surface area (Å²) in [5.41, 5.74) is 3.15. The summed E-state index contributed by atoms with van der Waals surface area (Å²) in [6.07, 6.45) is 7.62. The van der Waals surface area contributed by atoms with Gasteiger partial charge in [0.05, 0.1) is 36.0 Å². The van der Waals surface area contributed by atoms with Crippen LogP contribution in [0.4, 0.5) is 0 Å². The molecule has 24 heavy (non-hydrogen) atoms. The molecule has 3 atom stereocenters. The molecule has 0 aliphatic carbocycles. The normalized spacial score (nSPS) is 15.3. The Hall–Kier alpha value is -2.51. The molecule has 2 N–H and O–H groups in total. The fourth-order valence-electron chi connectivity index (χ4n) is 2.76. The summed E-state index contributed by atoms with van der Waals surface area (Å²) in [6.45, 7) is 7.24. The van der Waals surface area contributed by atoms with Crippen LogP contribution in [0.2, 0.25) is 0 Å². The third kappa shape index (κ3) is 3.87. The monoisotopic (exact) mass is 328 g/mol. The Morgan fingerprint density at radius 3 is 2.58 bits per heavy atom. The lowest BCUT2D eigenvalue weighted by atomic mass is 9.95. The Labute approximate surface area is 141 Å². The number of nitrogens with zero attached hydrogens (tertiary/aromatic N) is 6. The van der Waals surface area contributed by atoms with Crippen molar-refractivity contribution in [2.45, 2.75) is 57.9 Å². The van der Waals surface area contributed by atoms with Crippen molar-refractivity contribution in [3.63, 3.8) is 0 Å². The van der Waals surface area contributed by atoms with Gasteiger partial charge in [0.2, 0.25) is 0 Å². The molecule has 0 aliphatic rings. The van der Waals surface area contributed by atoms with Crippen molar-refractivity contribution in [2.24, 2.45) is 0 Å². The smallest absolute Gasteiger partial charge is 0.0855 e. The molecular weight excluding hydrogens is 304 g/mol. The lowest BCUT2D eigenvalue weighted by Gasteiger charge is -2.12. The molecule has 8 heteroatoms. The van der Waals surface area contributed by atoms with E-state index in [-0.39, 0.29) is 5.92 Å². The molecule has 3 aromatic heterocycles. The van der Waals surface area contributed by atoms with Crippen molar-refractivity contribution < 1.29 is 0 Å². The van der Waals surface area contributed by atoms with E-state index in [1.54, 1.807) is 11.0 Å². The molecule has 0 aliphatic heterocycles. The average Bonchev–Trinajstić information content (AvgIpc) is 3.33. The lowest BCUT2D eigenvalue weighted by molar-refractivity contribution is 0.469. The summed E-state index contributed by atoms with van der Waals surface area (Å²) in [5.74, 6) is 1.06. The van der Waals surface area contributed by atoms with Crippen LogP contribution in [0.15, 0.2) is 24.7 Å². The molecule has 3 heterocycles. The van der Waals surface area contributed by atoms with Crippen molar-refractivity contribution >= 4 is 0 Å². The second-order valence-corrected chi connectivity index (χ2v) is 6.52. The average molecular weight is 328 g/mol. The standard InChI is InChI=1S/C16H24N8/c1-11(15-8-18-23-21-15)4-5-12(2)16-9-19-24(22-16)10-13(3)14-6-7-17-20-14/h6-9,11-13H,4-5,10H2,1-3H3,(H,17,20)(H,18,21,23). The molecule has 0 fully saturated rings. The highest BCUT2D eigenvalue weighted by Crippen LogP contribution is 2.25. The topological polar surface area (TPSA) is 101 Å². The highest BCUT2D eigenvalue weighted by molar-refractivity contribution is 5.05. The van der Waals surface area contributed by atoms with E-state index >= 15 is 0 Å². The summed E-state index contributed by atoms with van der Waals surface area (Å²) in [6, 6.07) is 1.99. The van der Waals surface area contributed by atoms with E-state index in [0.29, 0.717) is 11.8 Å². The number of H-pyrrole nitrogens is 2.